The molecule has 32 heavy (non-hydrogen) atoms. The fourth-order valence-corrected chi connectivity index (χ4v) is 2.61. The maximum Gasteiger partial charge on any atom is 0.324 e. The third kappa shape index (κ3) is 6.26. The lowest BCUT2D eigenvalue weighted by Gasteiger charge is -2.03. The summed E-state index contributed by atoms with van der Waals surface area (Å²) in [6.07, 6.45) is 5.25. The lowest BCUT2D eigenvalue weighted by atomic mass is 10.1. The van der Waals surface area contributed by atoms with Crippen molar-refractivity contribution in [3.05, 3.63) is 90.8 Å². The first-order chi connectivity index (χ1) is 15.2. The zero-order chi connectivity index (χ0) is 23.7. The van der Waals surface area contributed by atoms with E-state index in [0.717, 1.165) is 23.5 Å². The number of phenols is 1. The van der Waals surface area contributed by atoms with Crippen LogP contribution < -0.4 is 0 Å². The molecule has 2 aromatic heterocycles. The highest BCUT2D eigenvalue weighted by Crippen LogP contribution is 2.38. The Morgan fingerprint density at radius 3 is 2.00 bits per heavy atom. The number of nitro benzene ring substituents is 3. The number of benzene rings is 1. The summed E-state index contributed by atoms with van der Waals surface area (Å²) in [5.74, 6) is -1.21. The van der Waals surface area contributed by atoms with Crippen molar-refractivity contribution in [2.45, 2.75) is 26.2 Å². The van der Waals surface area contributed by atoms with Gasteiger partial charge in [0.2, 0.25) is 0 Å². The smallest absolute Gasteiger partial charge is 0.324 e. The number of phenolic OH excluding ortho intramolecular Hbond substituents is 1. The van der Waals surface area contributed by atoms with Crippen LogP contribution in [0.3, 0.4) is 0 Å². The Kier molecular flexibility index (Phi) is 8.22. The second kappa shape index (κ2) is 11.1. The molecule has 1 aromatic carbocycles. The van der Waals surface area contributed by atoms with Crippen molar-refractivity contribution < 1.29 is 19.9 Å². The van der Waals surface area contributed by atoms with Crippen molar-refractivity contribution in [2.75, 3.05) is 0 Å². The third-order valence-electron chi connectivity index (χ3n) is 4.18. The highest BCUT2D eigenvalue weighted by molar-refractivity contribution is 5.64. The zero-order valence-corrected chi connectivity index (χ0v) is 17.0. The molecule has 0 spiro atoms. The lowest BCUT2D eigenvalue weighted by Crippen LogP contribution is -1.97. The summed E-state index contributed by atoms with van der Waals surface area (Å²) < 4.78 is 0. The van der Waals surface area contributed by atoms with Crippen LogP contribution in [0.25, 0.3) is 11.4 Å². The van der Waals surface area contributed by atoms with E-state index < -0.39 is 37.6 Å². The van der Waals surface area contributed by atoms with Crippen molar-refractivity contribution in [1.29, 1.82) is 0 Å². The predicted octanol–water partition coefficient (Wildman–Crippen LogP) is 4.60. The van der Waals surface area contributed by atoms with Crippen molar-refractivity contribution >= 4 is 17.1 Å². The van der Waals surface area contributed by atoms with E-state index in [0.29, 0.717) is 12.1 Å². The van der Waals surface area contributed by atoms with E-state index >= 15 is 0 Å². The molecule has 0 atom stereocenters. The van der Waals surface area contributed by atoms with E-state index in [9.17, 15) is 30.3 Å². The fourth-order valence-electron chi connectivity index (χ4n) is 2.61. The number of aryl methyl sites for hydroxylation is 1. The fraction of sp³-hybridized carbons (Fsp3) is 0.200. The SMILES string of the molecule is CCCCc1cccc(-c2ccccn2)n1.O=[N+]([O-])c1cc([N+](=O)[O-])c(O)c([N+](=O)[O-])c1. The molecule has 0 radical (unpaired) electrons. The summed E-state index contributed by atoms with van der Waals surface area (Å²) in [6, 6.07) is 13.0. The molecule has 2 heterocycles. The average Bonchev–Trinajstić information content (AvgIpc) is 2.78. The Balaban J connectivity index is 0.000000227. The molecule has 3 rings (SSSR count). The summed E-state index contributed by atoms with van der Waals surface area (Å²) in [4.78, 5) is 36.7. The number of nitrogens with zero attached hydrogens (tertiary/aromatic N) is 5. The van der Waals surface area contributed by atoms with E-state index in [2.05, 4.69) is 29.0 Å². The van der Waals surface area contributed by atoms with Gasteiger partial charge in [-0.2, -0.15) is 0 Å². The van der Waals surface area contributed by atoms with E-state index in [4.69, 9.17) is 5.11 Å². The van der Waals surface area contributed by atoms with E-state index in [-0.39, 0.29) is 0 Å². The number of unbranched alkanes of at least 4 members (excludes halogenated alkanes) is 1. The first-order valence-corrected chi connectivity index (χ1v) is 9.42. The number of pyridine rings is 2. The average molecular weight is 441 g/mol. The molecule has 0 aliphatic heterocycles. The Bertz CT molecular complexity index is 1090. The summed E-state index contributed by atoms with van der Waals surface area (Å²) >= 11 is 0. The molecule has 0 aliphatic rings. The van der Waals surface area contributed by atoms with Crippen molar-refractivity contribution in [1.82, 2.24) is 9.97 Å². The number of aromatic hydroxyl groups is 1. The maximum atomic E-state index is 10.4. The topological polar surface area (TPSA) is 175 Å². The van der Waals surface area contributed by atoms with E-state index in [1.165, 1.54) is 12.8 Å². The van der Waals surface area contributed by atoms with E-state index in [1.54, 1.807) is 6.20 Å². The Hall–Kier alpha value is -4.48. The third-order valence-corrected chi connectivity index (χ3v) is 4.18. The minimum absolute atomic E-state index is 0.447. The Labute approximate surface area is 181 Å². The molecule has 0 unspecified atom stereocenters. The number of rotatable bonds is 7. The number of aromatic nitrogens is 2. The van der Waals surface area contributed by atoms with Crippen molar-refractivity contribution in [2.24, 2.45) is 0 Å². The molecule has 12 nitrogen and oxygen atoms in total. The maximum absolute atomic E-state index is 10.4. The minimum atomic E-state index is -1.21. The lowest BCUT2D eigenvalue weighted by molar-refractivity contribution is -0.404. The van der Waals surface area contributed by atoms with Gasteiger partial charge in [-0.25, -0.2) is 0 Å². The number of hydrogen-bond donors (Lipinski definition) is 1. The van der Waals surface area contributed by atoms with Gasteiger partial charge in [0.1, 0.15) is 0 Å². The van der Waals surface area contributed by atoms with Gasteiger partial charge in [0.05, 0.1) is 38.3 Å². The molecule has 0 amide bonds. The quantitative estimate of drug-likeness (QED) is 0.405. The largest absolute Gasteiger partial charge is 0.497 e. The van der Waals surface area contributed by atoms with Crippen LogP contribution in [0.15, 0.2) is 54.7 Å². The van der Waals surface area contributed by atoms with E-state index in [1.807, 2.05) is 24.3 Å². The summed E-state index contributed by atoms with van der Waals surface area (Å²) in [5.41, 5.74) is 0.0676. The second-order valence-corrected chi connectivity index (χ2v) is 6.44. The monoisotopic (exact) mass is 441 g/mol. The van der Waals surface area contributed by atoms with Gasteiger partial charge in [-0.3, -0.25) is 40.3 Å². The molecule has 3 aromatic rings. The summed E-state index contributed by atoms with van der Waals surface area (Å²) in [7, 11) is 0. The molecular formula is C20H19N5O7. The van der Waals surface area contributed by atoms with Gasteiger partial charge in [-0.1, -0.05) is 25.5 Å². The first kappa shape index (κ1) is 23.8. The number of hydrogen-bond acceptors (Lipinski definition) is 9. The molecule has 12 heteroatoms. The van der Waals surface area contributed by atoms with Gasteiger partial charge in [-0.15, -0.1) is 0 Å². The minimum Gasteiger partial charge on any atom is -0.497 e. The van der Waals surface area contributed by atoms with Crippen LogP contribution in [0.5, 0.6) is 5.75 Å². The molecular weight excluding hydrogens is 422 g/mol. The summed E-state index contributed by atoms with van der Waals surface area (Å²) in [5, 5.41) is 40.2. The molecule has 1 N–H and O–H groups in total. The molecule has 0 aliphatic carbocycles. The van der Waals surface area contributed by atoms with Crippen molar-refractivity contribution in [3.8, 4) is 17.1 Å². The highest BCUT2D eigenvalue weighted by Gasteiger charge is 2.30. The van der Waals surface area contributed by atoms with Crippen LogP contribution >= 0.6 is 0 Å². The van der Waals surface area contributed by atoms with Crippen molar-refractivity contribution in [3.63, 3.8) is 0 Å². The van der Waals surface area contributed by atoms with Crippen LogP contribution in [0, 0.1) is 30.3 Å². The molecule has 0 saturated heterocycles. The van der Waals surface area contributed by atoms with Crippen LogP contribution in [-0.4, -0.2) is 29.8 Å². The van der Waals surface area contributed by atoms with Gasteiger partial charge in [0.25, 0.3) is 11.4 Å². The standard InChI is InChI=1S/C14H16N2.C6H3N3O7/c1-2-3-7-12-8-6-10-14(16-12)13-9-4-5-11-15-13;10-6-4(8(13)14)1-3(7(11)12)2-5(6)9(15)16/h4-6,8-11H,2-3,7H2,1H3;1-2,10H. The van der Waals surface area contributed by atoms with Crippen LogP contribution in [0.2, 0.25) is 0 Å². The van der Waals surface area contributed by atoms with Gasteiger partial charge in [0.15, 0.2) is 0 Å². The normalized spacial score (nSPS) is 10.0. The number of nitro groups is 3. The van der Waals surface area contributed by atoms with Crippen LogP contribution in [-0.2, 0) is 6.42 Å². The zero-order valence-electron chi connectivity index (χ0n) is 17.0. The Morgan fingerprint density at radius 1 is 0.875 bits per heavy atom. The van der Waals surface area contributed by atoms with Crippen LogP contribution in [0.4, 0.5) is 17.1 Å². The molecule has 0 fully saturated rings. The van der Waals surface area contributed by atoms with Gasteiger partial charge >= 0.3 is 11.4 Å². The van der Waals surface area contributed by atoms with Gasteiger partial charge in [-0.05, 0) is 37.1 Å². The molecule has 166 valence electrons. The first-order valence-electron chi connectivity index (χ1n) is 9.42. The Morgan fingerprint density at radius 2 is 1.50 bits per heavy atom. The summed E-state index contributed by atoms with van der Waals surface area (Å²) in [6.45, 7) is 2.20. The highest BCUT2D eigenvalue weighted by atomic mass is 16.6. The van der Waals surface area contributed by atoms with Gasteiger partial charge in [0, 0.05) is 11.9 Å². The molecule has 0 saturated carbocycles. The second-order valence-electron chi connectivity index (χ2n) is 6.44. The van der Waals surface area contributed by atoms with Gasteiger partial charge < -0.3 is 5.11 Å². The molecule has 0 bridgehead atoms. The predicted molar refractivity (Wildman–Crippen MR) is 114 cm³/mol. The number of non-ortho nitro benzene ring substituents is 1. The van der Waals surface area contributed by atoms with Crippen LogP contribution in [0.1, 0.15) is 25.5 Å².